The van der Waals surface area contributed by atoms with E-state index in [2.05, 4.69) is 33.1 Å². The maximum Gasteiger partial charge on any atom is 0.235 e. The summed E-state index contributed by atoms with van der Waals surface area (Å²) < 4.78 is 7.92. The summed E-state index contributed by atoms with van der Waals surface area (Å²) in [5.74, 6) is 1.51. The number of anilines is 1. The van der Waals surface area contributed by atoms with Gasteiger partial charge in [0, 0.05) is 11.5 Å². The third-order valence-corrected chi connectivity index (χ3v) is 9.08. The molecule has 172 valence electrons. The molecule has 3 aromatic heterocycles. The van der Waals surface area contributed by atoms with Gasteiger partial charge in [-0.05, 0) is 55.0 Å². The summed E-state index contributed by atoms with van der Waals surface area (Å²) in [5.41, 5.74) is 1.77. The molecule has 7 nitrogen and oxygen atoms in total. The van der Waals surface area contributed by atoms with Gasteiger partial charge in [0.1, 0.15) is 11.1 Å². The maximum absolute atomic E-state index is 12.8. The van der Waals surface area contributed by atoms with Crippen LogP contribution in [0.5, 0.6) is 0 Å². The molecule has 2 atom stereocenters. The molecule has 2 unspecified atom stereocenters. The van der Waals surface area contributed by atoms with E-state index < -0.39 is 0 Å². The van der Waals surface area contributed by atoms with E-state index in [1.165, 1.54) is 16.6 Å². The van der Waals surface area contributed by atoms with Gasteiger partial charge in [-0.1, -0.05) is 24.8 Å². The van der Waals surface area contributed by atoms with Gasteiger partial charge in [-0.25, -0.2) is 0 Å². The van der Waals surface area contributed by atoms with E-state index in [1.54, 1.807) is 22.7 Å². The minimum absolute atomic E-state index is 0.132. The molecule has 0 spiro atoms. The first-order valence-electron chi connectivity index (χ1n) is 11.2. The molecule has 33 heavy (non-hydrogen) atoms. The zero-order valence-corrected chi connectivity index (χ0v) is 20.8. The van der Waals surface area contributed by atoms with Crippen LogP contribution < -0.4 is 5.32 Å². The molecule has 0 bridgehead atoms. The Hall–Kier alpha value is -2.19. The van der Waals surface area contributed by atoms with E-state index in [9.17, 15) is 10.1 Å². The molecule has 1 fully saturated rings. The van der Waals surface area contributed by atoms with Crippen molar-refractivity contribution < 1.29 is 9.53 Å². The molecule has 1 N–H and O–H groups in total. The number of nitrogens with one attached hydrogen (secondary N) is 1. The van der Waals surface area contributed by atoms with Crippen LogP contribution in [0.4, 0.5) is 5.00 Å². The van der Waals surface area contributed by atoms with Crippen molar-refractivity contribution in [1.82, 2.24) is 14.8 Å². The van der Waals surface area contributed by atoms with Crippen LogP contribution in [0.1, 0.15) is 42.2 Å². The molecule has 0 saturated carbocycles. The molecule has 1 aliphatic heterocycles. The summed E-state index contributed by atoms with van der Waals surface area (Å²) in [4.78, 5) is 15.1. The summed E-state index contributed by atoms with van der Waals surface area (Å²) in [5, 5.41) is 24.9. The van der Waals surface area contributed by atoms with E-state index in [1.807, 2.05) is 17.5 Å². The highest BCUT2D eigenvalue weighted by molar-refractivity contribution is 7.99. The van der Waals surface area contributed by atoms with Gasteiger partial charge in [0.25, 0.3) is 0 Å². The molecule has 2 aliphatic rings. The smallest absolute Gasteiger partial charge is 0.235 e. The number of nitriles is 1. The maximum atomic E-state index is 12.8. The first kappa shape index (κ1) is 22.6. The number of thiophene rings is 2. The molecule has 1 amide bonds. The number of amides is 1. The van der Waals surface area contributed by atoms with Crippen molar-refractivity contribution in [1.29, 1.82) is 5.26 Å². The lowest BCUT2D eigenvalue weighted by Crippen LogP contribution is -2.18. The Morgan fingerprint density at radius 3 is 3.09 bits per heavy atom. The highest BCUT2D eigenvalue weighted by Crippen LogP contribution is 2.39. The van der Waals surface area contributed by atoms with E-state index in [0.717, 1.165) is 55.0 Å². The minimum atomic E-state index is -0.132. The summed E-state index contributed by atoms with van der Waals surface area (Å²) >= 11 is 4.55. The number of carbonyl (C=O) groups excluding carboxylic acids is 1. The number of aromatic nitrogens is 3. The number of ether oxygens (including phenoxy) is 1. The van der Waals surface area contributed by atoms with Crippen LogP contribution in [-0.4, -0.2) is 39.1 Å². The lowest BCUT2D eigenvalue weighted by molar-refractivity contribution is -0.113. The second-order valence-electron chi connectivity index (χ2n) is 8.53. The normalized spacial score (nSPS) is 19.9. The van der Waals surface area contributed by atoms with Gasteiger partial charge in [0.05, 0.1) is 28.8 Å². The molecule has 3 aromatic rings. The third-order valence-electron chi connectivity index (χ3n) is 6.08. The fourth-order valence-corrected chi connectivity index (χ4v) is 7.23. The van der Waals surface area contributed by atoms with E-state index in [4.69, 9.17) is 4.74 Å². The molecule has 1 aliphatic carbocycles. The predicted molar refractivity (Wildman–Crippen MR) is 132 cm³/mol. The van der Waals surface area contributed by atoms with Gasteiger partial charge in [-0.3, -0.25) is 9.36 Å². The van der Waals surface area contributed by atoms with E-state index in [0.29, 0.717) is 28.2 Å². The average molecular weight is 500 g/mol. The quantitative estimate of drug-likeness (QED) is 0.461. The number of hydrogen-bond donors (Lipinski definition) is 1. The predicted octanol–water partition coefficient (Wildman–Crippen LogP) is 4.97. The Morgan fingerprint density at radius 1 is 1.42 bits per heavy atom. The summed E-state index contributed by atoms with van der Waals surface area (Å²) in [6.07, 6.45) is 5.22. The Bertz CT molecular complexity index is 1170. The van der Waals surface area contributed by atoms with Gasteiger partial charge < -0.3 is 10.1 Å². The van der Waals surface area contributed by atoms with Crippen molar-refractivity contribution in [2.45, 2.75) is 56.8 Å². The highest BCUT2D eigenvalue weighted by atomic mass is 32.2. The Labute approximate surface area is 205 Å². The standard InChI is InChI=1S/C23H25N5O2S3/c1-14-6-7-16-17(11-24)22(33-19(16)10-14)25-20(29)13-32-23-27-26-21(18-5-3-9-31-18)28(23)12-15-4-2-8-30-15/h3,5,9,14-15H,2,4,6-8,10,12-13H2,1H3,(H,25,29). The lowest BCUT2D eigenvalue weighted by Gasteiger charge is -2.17. The zero-order valence-electron chi connectivity index (χ0n) is 18.4. The van der Waals surface area contributed by atoms with Crippen molar-refractivity contribution in [3.63, 3.8) is 0 Å². The van der Waals surface area contributed by atoms with Crippen LogP contribution in [0.25, 0.3) is 10.7 Å². The van der Waals surface area contributed by atoms with Crippen LogP contribution in [-0.2, 0) is 28.9 Å². The van der Waals surface area contributed by atoms with Crippen molar-refractivity contribution in [2.75, 3.05) is 17.7 Å². The summed E-state index contributed by atoms with van der Waals surface area (Å²) in [7, 11) is 0. The largest absolute Gasteiger partial charge is 0.376 e. The number of rotatable bonds is 7. The fourth-order valence-electron chi connectivity index (χ4n) is 4.39. The van der Waals surface area contributed by atoms with E-state index in [-0.39, 0.29) is 17.8 Å². The second kappa shape index (κ2) is 9.97. The monoisotopic (exact) mass is 499 g/mol. The number of hydrogen-bond acceptors (Lipinski definition) is 8. The van der Waals surface area contributed by atoms with Crippen LogP contribution in [0.3, 0.4) is 0 Å². The molecule has 10 heteroatoms. The number of nitrogens with zero attached hydrogens (tertiary/aromatic N) is 4. The first-order chi connectivity index (χ1) is 16.1. The molecule has 0 radical (unpaired) electrons. The zero-order chi connectivity index (χ0) is 22.8. The highest BCUT2D eigenvalue weighted by Gasteiger charge is 2.26. The van der Waals surface area contributed by atoms with Gasteiger partial charge in [-0.2, -0.15) is 5.26 Å². The Balaban J connectivity index is 1.30. The minimum Gasteiger partial charge on any atom is -0.376 e. The van der Waals surface area contributed by atoms with E-state index >= 15 is 0 Å². The number of carbonyl (C=O) groups is 1. The van der Waals surface area contributed by atoms with Gasteiger partial charge in [0.2, 0.25) is 5.91 Å². The molecular weight excluding hydrogens is 474 g/mol. The molecular formula is C23H25N5O2S3. The molecule has 0 aromatic carbocycles. The SMILES string of the molecule is CC1CCc2c(sc(NC(=O)CSc3nnc(-c4cccs4)n3CC3CCCO3)c2C#N)C1. The Morgan fingerprint density at radius 2 is 2.33 bits per heavy atom. The average Bonchev–Trinajstić information content (AvgIpc) is 3.59. The van der Waals surface area contributed by atoms with Crippen LogP contribution >= 0.6 is 34.4 Å². The number of fused-ring (bicyclic) bond motifs is 1. The first-order valence-corrected chi connectivity index (χ1v) is 13.9. The Kier molecular flexibility index (Phi) is 6.83. The topological polar surface area (TPSA) is 92.8 Å². The van der Waals surface area contributed by atoms with Crippen LogP contribution in [0, 0.1) is 17.2 Å². The fraction of sp³-hybridized carbons (Fsp3) is 0.478. The van der Waals surface area contributed by atoms with Crippen LogP contribution in [0.2, 0.25) is 0 Å². The van der Waals surface area contributed by atoms with Gasteiger partial charge in [0.15, 0.2) is 11.0 Å². The summed E-state index contributed by atoms with van der Waals surface area (Å²) in [6.45, 7) is 3.70. The molecule has 1 saturated heterocycles. The van der Waals surface area contributed by atoms with Crippen molar-refractivity contribution in [3.05, 3.63) is 33.5 Å². The lowest BCUT2D eigenvalue weighted by atomic mass is 9.89. The van der Waals surface area contributed by atoms with Crippen LogP contribution in [0.15, 0.2) is 22.7 Å². The number of thioether (sulfide) groups is 1. The molecule has 4 heterocycles. The van der Waals surface area contributed by atoms with Gasteiger partial charge >= 0.3 is 0 Å². The van der Waals surface area contributed by atoms with Crippen molar-refractivity contribution in [2.24, 2.45) is 5.92 Å². The second-order valence-corrected chi connectivity index (χ2v) is 11.5. The third kappa shape index (κ3) is 4.87. The van der Waals surface area contributed by atoms with Crippen molar-refractivity contribution in [3.8, 4) is 16.8 Å². The molecule has 5 rings (SSSR count). The van der Waals surface area contributed by atoms with Crippen molar-refractivity contribution >= 4 is 45.3 Å². The summed E-state index contributed by atoms with van der Waals surface area (Å²) in [6, 6.07) is 6.35. The van der Waals surface area contributed by atoms with Gasteiger partial charge in [-0.15, -0.1) is 32.9 Å².